The molecule has 2 fully saturated rings. The number of carbonyl (C=O) groups excluding carboxylic acids is 2. The summed E-state index contributed by atoms with van der Waals surface area (Å²) in [6.07, 6.45) is 5.42. The number of carbonyl (C=O) groups is 3. The molecule has 0 heterocycles. The Bertz CT molecular complexity index is 1070. The van der Waals surface area contributed by atoms with E-state index in [0.29, 0.717) is 25.2 Å². The van der Waals surface area contributed by atoms with Crippen LogP contribution in [0.2, 0.25) is 0 Å². The fourth-order valence-electron chi connectivity index (χ4n) is 5.64. The van der Waals surface area contributed by atoms with Gasteiger partial charge >= 0.3 is 12.1 Å². The molecule has 0 aliphatic heterocycles. The second kappa shape index (κ2) is 9.72. The van der Waals surface area contributed by atoms with Crippen LogP contribution in [0.25, 0.3) is 11.1 Å². The molecule has 0 saturated heterocycles. The zero-order valence-corrected chi connectivity index (χ0v) is 19.8. The minimum Gasteiger partial charge on any atom is -0.480 e. The van der Waals surface area contributed by atoms with E-state index in [1.54, 1.807) is 0 Å². The van der Waals surface area contributed by atoms with Gasteiger partial charge in [0.15, 0.2) is 0 Å². The van der Waals surface area contributed by atoms with Crippen molar-refractivity contribution in [2.45, 2.75) is 56.4 Å². The predicted molar refractivity (Wildman–Crippen MR) is 131 cm³/mol. The van der Waals surface area contributed by atoms with Gasteiger partial charge in [-0.3, -0.25) is 4.79 Å². The molecule has 35 heavy (non-hydrogen) atoms. The minimum absolute atomic E-state index is 0.0315. The van der Waals surface area contributed by atoms with E-state index in [0.717, 1.165) is 47.9 Å². The maximum Gasteiger partial charge on any atom is 0.407 e. The number of amides is 2. The molecule has 2 aromatic carbocycles. The molecule has 2 amide bonds. The van der Waals surface area contributed by atoms with Crippen molar-refractivity contribution in [3.8, 4) is 11.1 Å². The maximum atomic E-state index is 13.0. The van der Waals surface area contributed by atoms with Crippen LogP contribution in [0.4, 0.5) is 4.79 Å². The number of hydrogen-bond donors (Lipinski definition) is 3. The summed E-state index contributed by atoms with van der Waals surface area (Å²) in [6.45, 7) is 0.343. The van der Waals surface area contributed by atoms with Crippen LogP contribution in [-0.2, 0) is 14.3 Å². The lowest BCUT2D eigenvalue weighted by Crippen LogP contribution is -2.48. The summed E-state index contributed by atoms with van der Waals surface area (Å²) in [5.41, 5.74) is 3.48. The molecule has 3 aliphatic carbocycles. The van der Waals surface area contributed by atoms with Crippen molar-refractivity contribution in [3.05, 3.63) is 59.7 Å². The second-order valence-corrected chi connectivity index (χ2v) is 10.2. The lowest BCUT2D eigenvalue weighted by Gasteiger charge is -2.23. The van der Waals surface area contributed by atoms with Crippen LogP contribution in [-0.4, -0.2) is 41.8 Å². The third-order valence-corrected chi connectivity index (χ3v) is 7.82. The standard InChI is InChI=1S/C28H32N2O5/c31-25(30-28(13-14-28)26(32)33)19(15-18-7-1-2-8-18)16-29-27(34)35-17-24-22-11-5-3-9-20(22)21-10-4-6-12-23(21)24/h3-6,9-12,18-19,24H,1-2,7-8,13-17H2,(H,29,34)(H,30,31)(H,32,33). The number of rotatable bonds is 9. The summed E-state index contributed by atoms with van der Waals surface area (Å²) in [7, 11) is 0. The van der Waals surface area contributed by atoms with Gasteiger partial charge in [-0.15, -0.1) is 0 Å². The monoisotopic (exact) mass is 476 g/mol. The van der Waals surface area contributed by atoms with Crippen LogP contribution < -0.4 is 10.6 Å². The lowest BCUT2D eigenvalue weighted by molar-refractivity contribution is -0.143. The molecule has 7 heteroatoms. The van der Waals surface area contributed by atoms with Gasteiger partial charge in [0.25, 0.3) is 0 Å². The fourth-order valence-corrected chi connectivity index (χ4v) is 5.64. The summed E-state index contributed by atoms with van der Waals surface area (Å²) in [4.78, 5) is 37.1. The molecule has 2 aromatic rings. The zero-order chi connectivity index (χ0) is 24.4. The Balaban J connectivity index is 1.20. The third-order valence-electron chi connectivity index (χ3n) is 7.82. The molecule has 0 aromatic heterocycles. The fraction of sp³-hybridized carbons (Fsp3) is 0.464. The van der Waals surface area contributed by atoms with Crippen molar-refractivity contribution in [2.75, 3.05) is 13.2 Å². The van der Waals surface area contributed by atoms with Crippen LogP contribution >= 0.6 is 0 Å². The summed E-state index contributed by atoms with van der Waals surface area (Å²) in [5.74, 6) is -1.37. The molecule has 2 saturated carbocycles. The number of fused-ring (bicyclic) bond motifs is 3. The highest BCUT2D eigenvalue weighted by Gasteiger charge is 2.52. The highest BCUT2D eigenvalue weighted by Crippen LogP contribution is 2.44. The average Bonchev–Trinajstić information content (AvgIpc) is 3.33. The van der Waals surface area contributed by atoms with Crippen molar-refractivity contribution in [1.29, 1.82) is 0 Å². The topological polar surface area (TPSA) is 105 Å². The average molecular weight is 477 g/mol. The molecule has 0 bridgehead atoms. The first-order valence-corrected chi connectivity index (χ1v) is 12.6. The van der Waals surface area contributed by atoms with E-state index < -0.39 is 23.5 Å². The van der Waals surface area contributed by atoms with Gasteiger partial charge in [-0.1, -0.05) is 74.2 Å². The van der Waals surface area contributed by atoms with Gasteiger partial charge in [-0.2, -0.15) is 0 Å². The Labute approximate surface area is 205 Å². The van der Waals surface area contributed by atoms with Crippen molar-refractivity contribution in [3.63, 3.8) is 0 Å². The van der Waals surface area contributed by atoms with Gasteiger partial charge < -0.3 is 20.5 Å². The number of hydrogen-bond acceptors (Lipinski definition) is 4. The van der Waals surface area contributed by atoms with Gasteiger partial charge in [-0.25, -0.2) is 9.59 Å². The molecule has 7 nitrogen and oxygen atoms in total. The Morgan fingerprint density at radius 3 is 2.14 bits per heavy atom. The van der Waals surface area contributed by atoms with E-state index in [9.17, 15) is 19.5 Å². The first-order valence-electron chi connectivity index (χ1n) is 12.6. The molecular weight excluding hydrogens is 444 g/mol. The van der Waals surface area contributed by atoms with E-state index >= 15 is 0 Å². The van der Waals surface area contributed by atoms with Crippen molar-refractivity contribution in [1.82, 2.24) is 10.6 Å². The highest BCUT2D eigenvalue weighted by molar-refractivity contribution is 5.90. The van der Waals surface area contributed by atoms with E-state index in [-0.39, 0.29) is 25.0 Å². The number of nitrogens with one attached hydrogen (secondary N) is 2. The van der Waals surface area contributed by atoms with Gasteiger partial charge in [0.05, 0.1) is 5.92 Å². The lowest BCUT2D eigenvalue weighted by atomic mass is 9.92. The summed E-state index contributed by atoms with van der Waals surface area (Å²) in [6, 6.07) is 16.3. The Morgan fingerprint density at radius 2 is 1.57 bits per heavy atom. The molecule has 5 rings (SSSR count). The molecule has 0 radical (unpaired) electrons. The SMILES string of the molecule is O=C(NCC(CC1CCCC1)C(=O)NC1(C(=O)O)CC1)OCC1c2ccccc2-c2ccccc21. The second-order valence-electron chi connectivity index (χ2n) is 10.2. The molecule has 184 valence electrons. The van der Waals surface area contributed by atoms with Crippen molar-refractivity contribution < 1.29 is 24.2 Å². The third kappa shape index (κ3) is 4.90. The largest absolute Gasteiger partial charge is 0.480 e. The van der Waals surface area contributed by atoms with Crippen LogP contribution in [0.1, 0.15) is 62.0 Å². The van der Waals surface area contributed by atoms with Crippen LogP contribution in [0.5, 0.6) is 0 Å². The molecule has 1 unspecified atom stereocenters. The highest BCUT2D eigenvalue weighted by atomic mass is 16.5. The number of carboxylic acids is 1. The van der Waals surface area contributed by atoms with Gasteiger partial charge in [-0.05, 0) is 47.4 Å². The zero-order valence-electron chi connectivity index (χ0n) is 19.8. The Hall–Kier alpha value is -3.35. The number of benzene rings is 2. The normalized spacial score (nSPS) is 18.9. The smallest absolute Gasteiger partial charge is 0.407 e. The molecule has 0 spiro atoms. The first kappa shape index (κ1) is 23.4. The quantitative estimate of drug-likeness (QED) is 0.496. The first-order chi connectivity index (χ1) is 17.0. The Morgan fingerprint density at radius 1 is 0.971 bits per heavy atom. The maximum absolute atomic E-state index is 13.0. The minimum atomic E-state index is -1.13. The van der Waals surface area contributed by atoms with Crippen LogP contribution in [0.15, 0.2) is 48.5 Å². The van der Waals surface area contributed by atoms with Gasteiger partial charge in [0.2, 0.25) is 5.91 Å². The van der Waals surface area contributed by atoms with Gasteiger partial charge in [0.1, 0.15) is 12.1 Å². The molecule has 1 atom stereocenters. The molecule has 3 aliphatic rings. The van der Waals surface area contributed by atoms with Crippen molar-refractivity contribution in [2.24, 2.45) is 11.8 Å². The predicted octanol–water partition coefficient (Wildman–Crippen LogP) is 4.46. The van der Waals surface area contributed by atoms with E-state index in [1.165, 1.54) is 0 Å². The molecular formula is C28H32N2O5. The Kier molecular flexibility index (Phi) is 6.50. The van der Waals surface area contributed by atoms with E-state index in [4.69, 9.17) is 4.74 Å². The number of ether oxygens (including phenoxy) is 1. The summed E-state index contributed by atoms with van der Waals surface area (Å²) >= 11 is 0. The van der Waals surface area contributed by atoms with Gasteiger partial charge in [0, 0.05) is 12.5 Å². The van der Waals surface area contributed by atoms with Crippen LogP contribution in [0.3, 0.4) is 0 Å². The van der Waals surface area contributed by atoms with E-state index in [2.05, 4.69) is 34.9 Å². The number of alkyl carbamates (subject to hydrolysis) is 1. The number of aliphatic carboxylic acids is 1. The summed E-state index contributed by atoms with van der Waals surface area (Å²) < 4.78 is 5.62. The van der Waals surface area contributed by atoms with Crippen molar-refractivity contribution >= 4 is 18.0 Å². The summed E-state index contributed by atoms with van der Waals surface area (Å²) in [5, 5.41) is 15.0. The number of carboxylic acid groups (broad SMARTS) is 1. The van der Waals surface area contributed by atoms with E-state index in [1.807, 2.05) is 24.3 Å². The molecule has 3 N–H and O–H groups in total. The van der Waals surface area contributed by atoms with Crippen LogP contribution in [0, 0.1) is 11.8 Å².